The smallest absolute Gasteiger partial charge is 0.189 e. The van der Waals surface area contributed by atoms with Crippen LogP contribution in [0.2, 0.25) is 0 Å². The van der Waals surface area contributed by atoms with E-state index in [0.29, 0.717) is 17.6 Å². The summed E-state index contributed by atoms with van der Waals surface area (Å²) >= 11 is 4.93. The quantitative estimate of drug-likeness (QED) is 0.560. The molecule has 0 N–H and O–H groups in total. The molecule has 5 rings (SSSR count). The lowest BCUT2D eigenvalue weighted by Crippen LogP contribution is -2.69. The molecule has 0 radical (unpaired) electrons. The van der Waals surface area contributed by atoms with E-state index in [0.717, 1.165) is 47.2 Å². The van der Waals surface area contributed by atoms with Gasteiger partial charge in [0, 0.05) is 42.4 Å². The van der Waals surface area contributed by atoms with Gasteiger partial charge in [0.25, 0.3) is 0 Å². The maximum absolute atomic E-state index is 9.40. The largest absolute Gasteiger partial charge is 0.347 e. The Kier molecular flexibility index (Phi) is 4.63. The third-order valence-corrected chi connectivity index (χ3v) is 5.77. The summed E-state index contributed by atoms with van der Waals surface area (Å²) < 4.78 is 1.00. The average Bonchev–Trinajstić information content (AvgIpc) is 2.63. The Morgan fingerprint density at radius 2 is 2.08 bits per heavy atom. The maximum Gasteiger partial charge on any atom is 0.189 e. The van der Waals surface area contributed by atoms with Gasteiger partial charge in [-0.15, -0.1) is 0 Å². The number of piperidine rings is 1. The molecule has 6 nitrogen and oxygen atoms in total. The molecule has 3 fully saturated rings. The Morgan fingerprint density at radius 1 is 1.28 bits per heavy atom. The number of nitrogens with zero attached hydrogens (tertiary/aromatic N) is 6. The number of aromatic nitrogens is 3. The van der Waals surface area contributed by atoms with Gasteiger partial charge in [-0.25, -0.2) is 9.97 Å². The highest BCUT2D eigenvalue weighted by Crippen LogP contribution is 2.38. The van der Waals surface area contributed by atoms with E-state index >= 15 is 0 Å². The SMILES string of the molecule is CSc1ncc(C#N)c(N2C3CC2CN(Cc2ccc(Br)cn2)C3)n1. The summed E-state index contributed by atoms with van der Waals surface area (Å²) in [5.74, 6) is 0.796. The van der Waals surface area contributed by atoms with E-state index in [1.807, 2.05) is 18.5 Å². The van der Waals surface area contributed by atoms with Crippen molar-refractivity contribution in [2.45, 2.75) is 30.2 Å². The van der Waals surface area contributed by atoms with Gasteiger partial charge >= 0.3 is 0 Å². The summed E-state index contributed by atoms with van der Waals surface area (Å²) in [5, 5.41) is 10.1. The highest BCUT2D eigenvalue weighted by molar-refractivity contribution is 9.10. The minimum atomic E-state index is 0.408. The number of rotatable bonds is 4. The zero-order chi connectivity index (χ0) is 17.4. The lowest BCUT2D eigenvalue weighted by atomic mass is 9.87. The van der Waals surface area contributed by atoms with E-state index in [2.05, 4.69) is 52.8 Å². The van der Waals surface area contributed by atoms with Crippen molar-refractivity contribution in [1.82, 2.24) is 19.9 Å². The molecule has 0 spiro atoms. The summed E-state index contributed by atoms with van der Waals surface area (Å²) in [7, 11) is 0. The van der Waals surface area contributed by atoms with Crippen molar-refractivity contribution < 1.29 is 0 Å². The highest BCUT2D eigenvalue weighted by Gasteiger charge is 2.46. The van der Waals surface area contributed by atoms with Crippen LogP contribution in [-0.2, 0) is 6.54 Å². The third kappa shape index (κ3) is 3.24. The Bertz CT molecular complexity index is 809. The molecule has 0 aliphatic carbocycles. The van der Waals surface area contributed by atoms with Gasteiger partial charge in [0.2, 0.25) is 0 Å². The zero-order valence-electron chi connectivity index (χ0n) is 13.8. The molecule has 5 heterocycles. The van der Waals surface area contributed by atoms with Crippen molar-refractivity contribution in [2.75, 3.05) is 24.2 Å². The summed E-state index contributed by atoms with van der Waals surface area (Å²) in [4.78, 5) is 18.0. The summed E-state index contributed by atoms with van der Waals surface area (Å²) in [6.07, 6.45) is 6.60. The molecule has 2 bridgehead atoms. The number of hydrogen-bond donors (Lipinski definition) is 0. The minimum absolute atomic E-state index is 0.408. The van der Waals surface area contributed by atoms with E-state index < -0.39 is 0 Å². The fourth-order valence-electron chi connectivity index (χ4n) is 3.63. The molecular weight excluding hydrogens is 400 g/mol. The van der Waals surface area contributed by atoms with Crippen LogP contribution in [0.5, 0.6) is 0 Å². The van der Waals surface area contributed by atoms with E-state index in [1.54, 1.807) is 6.20 Å². The molecule has 2 aromatic rings. The molecule has 25 heavy (non-hydrogen) atoms. The number of piperazine rings is 1. The van der Waals surface area contributed by atoms with Crippen LogP contribution in [0.15, 0.2) is 34.2 Å². The van der Waals surface area contributed by atoms with Crippen molar-refractivity contribution in [3.63, 3.8) is 0 Å². The first-order chi connectivity index (χ1) is 12.2. The highest BCUT2D eigenvalue weighted by atomic mass is 79.9. The summed E-state index contributed by atoms with van der Waals surface area (Å²) in [5.41, 5.74) is 1.65. The molecule has 2 atom stereocenters. The van der Waals surface area contributed by atoms with Gasteiger partial charge in [-0.3, -0.25) is 9.88 Å². The number of hydrogen-bond acceptors (Lipinski definition) is 7. The Balaban J connectivity index is 1.49. The van der Waals surface area contributed by atoms with Gasteiger partial charge in [0.05, 0.1) is 11.9 Å². The number of thioether (sulfide) groups is 1. The van der Waals surface area contributed by atoms with Gasteiger partial charge in [0.15, 0.2) is 11.0 Å². The van der Waals surface area contributed by atoms with Crippen LogP contribution in [0, 0.1) is 11.3 Å². The average molecular weight is 417 g/mol. The molecule has 128 valence electrons. The number of nitriles is 1. The summed E-state index contributed by atoms with van der Waals surface area (Å²) in [6.45, 7) is 2.80. The molecule has 3 saturated heterocycles. The van der Waals surface area contributed by atoms with E-state index in [4.69, 9.17) is 0 Å². The molecule has 3 aliphatic heterocycles. The molecule has 3 aliphatic rings. The first kappa shape index (κ1) is 16.8. The number of anilines is 1. The number of halogens is 1. The van der Waals surface area contributed by atoms with Gasteiger partial charge in [0.1, 0.15) is 11.6 Å². The van der Waals surface area contributed by atoms with Crippen LogP contribution >= 0.6 is 27.7 Å². The van der Waals surface area contributed by atoms with Crippen LogP contribution in [-0.4, -0.2) is 51.3 Å². The second kappa shape index (κ2) is 6.90. The maximum atomic E-state index is 9.40. The predicted octanol–water partition coefficient (Wildman–Crippen LogP) is 2.69. The van der Waals surface area contributed by atoms with Crippen LogP contribution in [0.1, 0.15) is 17.7 Å². The Labute approximate surface area is 159 Å². The van der Waals surface area contributed by atoms with E-state index in [-0.39, 0.29) is 0 Å². The molecule has 8 heteroatoms. The van der Waals surface area contributed by atoms with Gasteiger partial charge in [-0.2, -0.15) is 5.26 Å². The minimum Gasteiger partial charge on any atom is -0.347 e. The second-order valence-electron chi connectivity index (χ2n) is 6.32. The van der Waals surface area contributed by atoms with Gasteiger partial charge < -0.3 is 4.90 Å². The predicted molar refractivity (Wildman–Crippen MR) is 100 cm³/mol. The molecule has 0 aromatic carbocycles. The Hall–Kier alpha value is -1.69. The lowest BCUT2D eigenvalue weighted by molar-refractivity contribution is 0.106. The van der Waals surface area contributed by atoms with Gasteiger partial charge in [-0.05, 0) is 40.7 Å². The normalized spacial score (nSPS) is 22.4. The van der Waals surface area contributed by atoms with Crippen molar-refractivity contribution in [3.8, 4) is 6.07 Å². The number of fused-ring (bicyclic) bond motifs is 2. The van der Waals surface area contributed by atoms with Crippen molar-refractivity contribution in [2.24, 2.45) is 0 Å². The van der Waals surface area contributed by atoms with Crippen molar-refractivity contribution >= 4 is 33.5 Å². The molecule has 2 unspecified atom stereocenters. The van der Waals surface area contributed by atoms with E-state index in [1.165, 1.54) is 11.8 Å². The van der Waals surface area contributed by atoms with E-state index in [9.17, 15) is 5.26 Å². The number of pyridine rings is 1. The standard InChI is InChI=1S/C17H17BrN6S/c1-25-17-21-6-11(5-19)16(22-17)24-14-4-15(24)10-23(9-14)8-13-3-2-12(18)7-20-13/h2-3,6-7,14-15H,4,8-10H2,1H3. The van der Waals surface area contributed by atoms with Crippen LogP contribution in [0.25, 0.3) is 0 Å². The van der Waals surface area contributed by atoms with Crippen LogP contribution in [0.3, 0.4) is 0 Å². The topological polar surface area (TPSA) is 68.9 Å². The fraction of sp³-hybridized carbons (Fsp3) is 0.412. The molecule has 0 saturated carbocycles. The van der Waals surface area contributed by atoms with Crippen molar-refractivity contribution in [1.29, 1.82) is 5.26 Å². The molecular formula is C17H17BrN6S. The first-order valence-electron chi connectivity index (χ1n) is 8.10. The molecule has 2 aromatic heterocycles. The van der Waals surface area contributed by atoms with Crippen LogP contribution < -0.4 is 4.90 Å². The second-order valence-corrected chi connectivity index (χ2v) is 8.01. The van der Waals surface area contributed by atoms with Crippen LogP contribution in [0.4, 0.5) is 5.82 Å². The zero-order valence-corrected chi connectivity index (χ0v) is 16.2. The Morgan fingerprint density at radius 3 is 2.72 bits per heavy atom. The fourth-order valence-corrected chi connectivity index (χ4v) is 4.20. The van der Waals surface area contributed by atoms with Crippen molar-refractivity contribution in [3.05, 3.63) is 40.3 Å². The lowest BCUT2D eigenvalue weighted by Gasteiger charge is -2.57. The molecule has 0 amide bonds. The van der Waals surface area contributed by atoms with Gasteiger partial charge in [-0.1, -0.05) is 11.8 Å². The third-order valence-electron chi connectivity index (χ3n) is 4.74. The first-order valence-corrected chi connectivity index (χ1v) is 10.1. The monoisotopic (exact) mass is 416 g/mol. The summed E-state index contributed by atoms with van der Waals surface area (Å²) in [6, 6.07) is 7.15.